The molecule has 0 rings (SSSR count). The number of hydrogen-bond donors (Lipinski definition) is 2. The summed E-state index contributed by atoms with van der Waals surface area (Å²) in [5.74, 6) is 9.62. The van der Waals surface area contributed by atoms with Gasteiger partial charge in [-0.15, -0.1) is 0 Å². The van der Waals surface area contributed by atoms with E-state index in [1.54, 1.807) is 0 Å². The molecule has 4 N–H and O–H groups in total. The van der Waals surface area contributed by atoms with Crippen molar-refractivity contribution in [1.29, 1.82) is 0 Å². The highest BCUT2D eigenvalue weighted by Gasteiger charge is 2.05. The lowest BCUT2D eigenvalue weighted by Gasteiger charge is -2.11. The highest BCUT2D eigenvalue weighted by Crippen LogP contribution is 1.88. The van der Waals surface area contributed by atoms with Gasteiger partial charge in [0.2, 0.25) is 6.29 Å². The summed E-state index contributed by atoms with van der Waals surface area (Å²) in [7, 11) is 0. The summed E-state index contributed by atoms with van der Waals surface area (Å²) in [6.45, 7) is 3.79. The average Bonchev–Trinajstić information content (AvgIpc) is 2.11. The number of hydrogen-bond acceptors (Lipinski definition) is 6. The molecule has 0 spiro atoms. The van der Waals surface area contributed by atoms with Crippen molar-refractivity contribution in [2.24, 2.45) is 11.8 Å². The maximum atomic E-state index is 5.04. The van der Waals surface area contributed by atoms with Gasteiger partial charge < -0.3 is 9.47 Å². The second-order valence-electron chi connectivity index (χ2n) is 1.97. The van der Waals surface area contributed by atoms with Crippen molar-refractivity contribution < 1.29 is 19.1 Å². The molecule has 0 aliphatic rings. The van der Waals surface area contributed by atoms with Crippen LogP contribution < -0.4 is 11.8 Å². The fourth-order valence-electron chi connectivity index (χ4n) is 0.552. The zero-order chi connectivity index (χ0) is 9.23. The predicted octanol–water partition coefficient (Wildman–Crippen LogP) is -0.854. The summed E-state index contributed by atoms with van der Waals surface area (Å²) in [5.41, 5.74) is 0. The van der Waals surface area contributed by atoms with Crippen LogP contribution >= 0.6 is 0 Å². The van der Waals surface area contributed by atoms with Crippen molar-refractivity contribution in [3.05, 3.63) is 0 Å². The lowest BCUT2D eigenvalue weighted by molar-refractivity contribution is -0.179. The standard InChI is InChI=1S/C6H16N2O4/c1-2-9-3-4-10-5-6(11-7)12-8/h6H,2-5,7-8H2,1H3. The molecular weight excluding hydrogens is 164 g/mol. The van der Waals surface area contributed by atoms with E-state index in [2.05, 4.69) is 9.68 Å². The molecule has 0 bridgehead atoms. The highest BCUT2D eigenvalue weighted by molar-refractivity contribution is 4.36. The van der Waals surface area contributed by atoms with E-state index in [0.717, 1.165) is 0 Å². The van der Waals surface area contributed by atoms with E-state index < -0.39 is 6.29 Å². The fraction of sp³-hybridized carbons (Fsp3) is 1.00. The fourth-order valence-corrected chi connectivity index (χ4v) is 0.552. The zero-order valence-electron chi connectivity index (χ0n) is 7.19. The van der Waals surface area contributed by atoms with Crippen LogP contribution in [0.25, 0.3) is 0 Å². The number of ether oxygens (including phenoxy) is 2. The Kier molecular flexibility index (Phi) is 8.68. The van der Waals surface area contributed by atoms with Crippen LogP contribution in [0.4, 0.5) is 0 Å². The SMILES string of the molecule is CCOCCOCC(ON)ON. The molecule has 74 valence electrons. The van der Waals surface area contributed by atoms with Gasteiger partial charge in [-0.3, -0.25) is 9.68 Å². The third kappa shape index (κ3) is 6.47. The Labute approximate surface area is 71.6 Å². The average molecular weight is 180 g/mol. The van der Waals surface area contributed by atoms with Gasteiger partial charge in [0.15, 0.2) is 0 Å². The Morgan fingerprint density at radius 3 is 2.17 bits per heavy atom. The quantitative estimate of drug-likeness (QED) is 0.287. The Balaban J connectivity index is 3.06. The van der Waals surface area contributed by atoms with E-state index in [9.17, 15) is 0 Å². The summed E-state index contributed by atoms with van der Waals surface area (Å²) in [4.78, 5) is 8.59. The monoisotopic (exact) mass is 180 g/mol. The van der Waals surface area contributed by atoms with E-state index in [1.165, 1.54) is 0 Å². The zero-order valence-corrected chi connectivity index (χ0v) is 7.19. The first-order valence-corrected chi connectivity index (χ1v) is 3.71. The molecule has 0 amide bonds. The van der Waals surface area contributed by atoms with Gasteiger partial charge in [-0.2, -0.15) is 0 Å². The largest absolute Gasteiger partial charge is 0.379 e. The third-order valence-electron chi connectivity index (χ3n) is 1.13. The minimum atomic E-state index is -0.716. The van der Waals surface area contributed by atoms with Gasteiger partial charge in [0.1, 0.15) is 6.61 Å². The van der Waals surface area contributed by atoms with E-state index >= 15 is 0 Å². The number of rotatable bonds is 8. The molecular formula is C6H16N2O4. The van der Waals surface area contributed by atoms with Crippen molar-refractivity contribution in [3.8, 4) is 0 Å². The second-order valence-corrected chi connectivity index (χ2v) is 1.97. The molecule has 12 heavy (non-hydrogen) atoms. The summed E-state index contributed by atoms with van der Waals surface area (Å²) in [6, 6.07) is 0. The number of nitrogens with two attached hydrogens (primary N) is 2. The minimum absolute atomic E-state index is 0.195. The Hall–Kier alpha value is -0.240. The maximum absolute atomic E-state index is 5.04. The molecule has 0 aromatic heterocycles. The van der Waals surface area contributed by atoms with Crippen LogP contribution in [-0.2, 0) is 19.1 Å². The molecule has 0 heterocycles. The lowest BCUT2D eigenvalue weighted by atomic mass is 10.7. The van der Waals surface area contributed by atoms with Crippen LogP contribution in [-0.4, -0.2) is 32.7 Å². The van der Waals surface area contributed by atoms with Gasteiger partial charge >= 0.3 is 0 Å². The first kappa shape index (κ1) is 11.8. The molecule has 0 atom stereocenters. The minimum Gasteiger partial charge on any atom is -0.379 e. The van der Waals surface area contributed by atoms with Crippen molar-refractivity contribution >= 4 is 0 Å². The molecule has 0 aliphatic heterocycles. The van der Waals surface area contributed by atoms with Gasteiger partial charge in [0, 0.05) is 6.61 Å². The van der Waals surface area contributed by atoms with Gasteiger partial charge in [-0.25, -0.2) is 11.8 Å². The molecule has 0 aromatic rings. The summed E-state index contributed by atoms with van der Waals surface area (Å²) >= 11 is 0. The molecule has 0 saturated carbocycles. The smallest absolute Gasteiger partial charge is 0.219 e. The molecule has 6 heteroatoms. The lowest BCUT2D eigenvalue weighted by Crippen LogP contribution is -2.29. The Morgan fingerprint density at radius 1 is 1.08 bits per heavy atom. The van der Waals surface area contributed by atoms with E-state index in [-0.39, 0.29) is 6.61 Å². The van der Waals surface area contributed by atoms with Crippen molar-refractivity contribution in [2.75, 3.05) is 26.4 Å². The summed E-state index contributed by atoms with van der Waals surface area (Å²) in [6.07, 6.45) is -0.716. The van der Waals surface area contributed by atoms with Gasteiger partial charge in [-0.05, 0) is 6.92 Å². The normalized spacial score (nSPS) is 11.0. The Morgan fingerprint density at radius 2 is 1.67 bits per heavy atom. The summed E-state index contributed by atoms with van der Waals surface area (Å²) < 4.78 is 10.1. The third-order valence-corrected chi connectivity index (χ3v) is 1.13. The van der Waals surface area contributed by atoms with E-state index in [1.807, 2.05) is 6.92 Å². The van der Waals surface area contributed by atoms with Crippen molar-refractivity contribution in [3.63, 3.8) is 0 Å². The van der Waals surface area contributed by atoms with Crippen LogP contribution in [0.15, 0.2) is 0 Å². The van der Waals surface area contributed by atoms with Crippen LogP contribution in [0.5, 0.6) is 0 Å². The van der Waals surface area contributed by atoms with Gasteiger partial charge in [-0.1, -0.05) is 0 Å². The van der Waals surface area contributed by atoms with Crippen LogP contribution in [0.3, 0.4) is 0 Å². The van der Waals surface area contributed by atoms with Gasteiger partial charge in [0.05, 0.1) is 13.2 Å². The Bertz CT molecular complexity index is 89.6. The molecule has 0 fully saturated rings. The van der Waals surface area contributed by atoms with Crippen LogP contribution in [0, 0.1) is 0 Å². The molecule has 6 nitrogen and oxygen atoms in total. The van der Waals surface area contributed by atoms with Crippen molar-refractivity contribution in [1.82, 2.24) is 0 Å². The molecule has 0 saturated heterocycles. The first-order valence-electron chi connectivity index (χ1n) is 3.71. The molecule has 0 aromatic carbocycles. The van der Waals surface area contributed by atoms with Crippen LogP contribution in [0.1, 0.15) is 6.92 Å². The first-order chi connectivity index (χ1) is 5.85. The maximum Gasteiger partial charge on any atom is 0.219 e. The van der Waals surface area contributed by atoms with Crippen LogP contribution in [0.2, 0.25) is 0 Å². The summed E-state index contributed by atoms with van der Waals surface area (Å²) in [5, 5.41) is 0. The topological polar surface area (TPSA) is 89.0 Å². The second kappa shape index (κ2) is 8.85. The van der Waals surface area contributed by atoms with E-state index in [0.29, 0.717) is 19.8 Å². The van der Waals surface area contributed by atoms with E-state index in [4.69, 9.17) is 21.3 Å². The highest BCUT2D eigenvalue weighted by atomic mass is 16.8. The van der Waals surface area contributed by atoms with Gasteiger partial charge in [0.25, 0.3) is 0 Å². The van der Waals surface area contributed by atoms with Crippen molar-refractivity contribution in [2.45, 2.75) is 13.2 Å². The molecule has 0 unspecified atom stereocenters. The molecule has 0 aliphatic carbocycles. The molecule has 0 radical (unpaired) electrons. The predicted molar refractivity (Wildman–Crippen MR) is 41.6 cm³/mol.